The Morgan fingerprint density at radius 1 is 1.28 bits per heavy atom. The summed E-state index contributed by atoms with van der Waals surface area (Å²) in [5.74, 6) is 0.530. The van der Waals surface area contributed by atoms with Gasteiger partial charge in [0.25, 0.3) is 0 Å². The van der Waals surface area contributed by atoms with Gasteiger partial charge < -0.3 is 9.47 Å². The zero-order valence-electron chi connectivity index (χ0n) is 11.4. The van der Waals surface area contributed by atoms with Crippen LogP contribution in [0.15, 0.2) is 24.3 Å². The molecule has 1 aromatic carbocycles. The molecule has 0 saturated carbocycles. The number of benzene rings is 1. The zero-order valence-corrected chi connectivity index (χ0v) is 11.4. The van der Waals surface area contributed by atoms with E-state index in [9.17, 15) is 4.79 Å². The lowest BCUT2D eigenvalue weighted by atomic mass is 10.0. The third-order valence-corrected chi connectivity index (χ3v) is 2.86. The number of ether oxygens (including phenoxy) is 2. The molecule has 1 unspecified atom stereocenters. The summed E-state index contributed by atoms with van der Waals surface area (Å²) in [6.07, 6.45) is 3.98. The fourth-order valence-corrected chi connectivity index (χ4v) is 1.99. The summed E-state index contributed by atoms with van der Waals surface area (Å²) >= 11 is 0. The molecular formula is C15H22O3. The van der Waals surface area contributed by atoms with Gasteiger partial charge >= 0.3 is 5.97 Å². The molecule has 0 heterocycles. The van der Waals surface area contributed by atoms with Crippen molar-refractivity contribution < 1.29 is 14.3 Å². The summed E-state index contributed by atoms with van der Waals surface area (Å²) in [6, 6.07) is 7.71. The Kier molecular flexibility index (Phi) is 6.26. The maximum absolute atomic E-state index is 11.2. The number of carbonyl (C=O) groups is 1. The highest BCUT2D eigenvalue weighted by Gasteiger charge is 2.18. The zero-order chi connectivity index (χ0) is 13.4. The summed E-state index contributed by atoms with van der Waals surface area (Å²) in [5, 5.41) is 0. The first kappa shape index (κ1) is 14.6. The van der Waals surface area contributed by atoms with Crippen molar-refractivity contribution in [1.29, 1.82) is 0 Å². The van der Waals surface area contributed by atoms with Crippen LogP contribution in [0.5, 0.6) is 5.75 Å². The van der Waals surface area contributed by atoms with E-state index in [2.05, 4.69) is 6.92 Å². The van der Waals surface area contributed by atoms with Crippen LogP contribution in [0.1, 0.15) is 51.2 Å². The first-order chi connectivity index (χ1) is 8.69. The van der Waals surface area contributed by atoms with Gasteiger partial charge in [-0.3, -0.25) is 4.79 Å². The van der Waals surface area contributed by atoms with E-state index in [-0.39, 0.29) is 12.1 Å². The van der Waals surface area contributed by atoms with Gasteiger partial charge in [-0.05, 0) is 18.9 Å². The highest BCUT2D eigenvalue weighted by Crippen LogP contribution is 2.31. The predicted molar refractivity (Wildman–Crippen MR) is 71.6 cm³/mol. The molecule has 0 aromatic heterocycles. The number of methoxy groups -OCH3 is 1. The molecule has 0 aliphatic heterocycles. The van der Waals surface area contributed by atoms with E-state index in [0.29, 0.717) is 0 Å². The van der Waals surface area contributed by atoms with Crippen LogP contribution in [-0.4, -0.2) is 13.1 Å². The van der Waals surface area contributed by atoms with Gasteiger partial charge in [0.1, 0.15) is 11.9 Å². The Bertz CT molecular complexity index is 374. The van der Waals surface area contributed by atoms with E-state index in [4.69, 9.17) is 9.47 Å². The number of carbonyl (C=O) groups excluding carboxylic acids is 1. The van der Waals surface area contributed by atoms with Crippen molar-refractivity contribution in [3.8, 4) is 5.75 Å². The van der Waals surface area contributed by atoms with Crippen LogP contribution in [0.4, 0.5) is 0 Å². The van der Waals surface area contributed by atoms with Crippen LogP contribution in [0, 0.1) is 0 Å². The number of hydrogen-bond donors (Lipinski definition) is 0. The minimum absolute atomic E-state index is 0.204. The second-order valence-corrected chi connectivity index (χ2v) is 4.34. The Hall–Kier alpha value is -1.51. The Morgan fingerprint density at radius 2 is 2.00 bits per heavy atom. The monoisotopic (exact) mass is 250 g/mol. The summed E-state index contributed by atoms with van der Waals surface area (Å²) in [5.41, 5.74) is 0.950. The predicted octanol–water partition coefficient (Wildman–Crippen LogP) is 3.88. The number of unbranched alkanes of at least 4 members (excludes halogenated alkanes) is 2. The molecule has 0 bridgehead atoms. The maximum atomic E-state index is 11.2. The first-order valence-corrected chi connectivity index (χ1v) is 6.49. The molecule has 0 saturated heterocycles. The van der Waals surface area contributed by atoms with Gasteiger partial charge in [0.2, 0.25) is 0 Å². The third-order valence-electron chi connectivity index (χ3n) is 2.86. The minimum Gasteiger partial charge on any atom is -0.496 e. The molecule has 1 rings (SSSR count). The molecule has 0 spiro atoms. The van der Waals surface area contributed by atoms with E-state index >= 15 is 0 Å². The minimum atomic E-state index is -0.248. The van der Waals surface area contributed by atoms with Crippen molar-refractivity contribution in [2.24, 2.45) is 0 Å². The summed E-state index contributed by atoms with van der Waals surface area (Å²) < 4.78 is 10.7. The Balaban J connectivity index is 2.82. The van der Waals surface area contributed by atoms with E-state index in [0.717, 1.165) is 37.0 Å². The standard InChI is InChI=1S/C15H22O3/c1-4-5-6-11-15(18-12(2)16)13-9-7-8-10-14(13)17-3/h7-10,15H,4-6,11H2,1-3H3. The lowest BCUT2D eigenvalue weighted by Gasteiger charge is -2.19. The van der Waals surface area contributed by atoms with Gasteiger partial charge in [-0.1, -0.05) is 38.0 Å². The van der Waals surface area contributed by atoms with E-state index in [1.54, 1.807) is 7.11 Å². The SMILES string of the molecule is CCCCCC(OC(C)=O)c1ccccc1OC. The van der Waals surface area contributed by atoms with Gasteiger partial charge in [-0.25, -0.2) is 0 Å². The Morgan fingerprint density at radius 3 is 2.61 bits per heavy atom. The van der Waals surface area contributed by atoms with Crippen LogP contribution in [0.2, 0.25) is 0 Å². The molecule has 18 heavy (non-hydrogen) atoms. The summed E-state index contributed by atoms with van der Waals surface area (Å²) in [7, 11) is 1.63. The number of hydrogen-bond acceptors (Lipinski definition) is 3. The molecule has 3 nitrogen and oxygen atoms in total. The molecule has 1 atom stereocenters. The lowest BCUT2D eigenvalue weighted by Crippen LogP contribution is -2.10. The van der Waals surface area contributed by atoms with Crippen molar-refractivity contribution in [3.05, 3.63) is 29.8 Å². The number of esters is 1. The van der Waals surface area contributed by atoms with E-state index in [1.807, 2.05) is 24.3 Å². The molecule has 3 heteroatoms. The second kappa shape index (κ2) is 7.75. The molecule has 0 fully saturated rings. The fraction of sp³-hybridized carbons (Fsp3) is 0.533. The molecule has 0 amide bonds. The van der Waals surface area contributed by atoms with E-state index < -0.39 is 0 Å². The fourth-order valence-electron chi connectivity index (χ4n) is 1.99. The average Bonchev–Trinajstić information content (AvgIpc) is 2.37. The quantitative estimate of drug-likeness (QED) is 0.544. The van der Waals surface area contributed by atoms with E-state index in [1.165, 1.54) is 6.92 Å². The Labute approximate surface area is 109 Å². The van der Waals surface area contributed by atoms with Crippen molar-refractivity contribution in [3.63, 3.8) is 0 Å². The van der Waals surface area contributed by atoms with Crippen molar-refractivity contribution in [2.45, 2.75) is 45.6 Å². The van der Waals surface area contributed by atoms with Crippen molar-refractivity contribution in [2.75, 3.05) is 7.11 Å². The van der Waals surface area contributed by atoms with Crippen LogP contribution < -0.4 is 4.74 Å². The van der Waals surface area contributed by atoms with Crippen LogP contribution in [0.3, 0.4) is 0 Å². The van der Waals surface area contributed by atoms with Gasteiger partial charge in [-0.2, -0.15) is 0 Å². The normalized spacial score (nSPS) is 11.9. The highest BCUT2D eigenvalue weighted by atomic mass is 16.5. The summed E-state index contributed by atoms with van der Waals surface area (Å²) in [6.45, 7) is 3.60. The second-order valence-electron chi connectivity index (χ2n) is 4.34. The van der Waals surface area contributed by atoms with Gasteiger partial charge in [0, 0.05) is 12.5 Å². The molecular weight excluding hydrogens is 228 g/mol. The molecule has 0 aliphatic carbocycles. The topological polar surface area (TPSA) is 35.5 Å². The van der Waals surface area contributed by atoms with Crippen LogP contribution in [0.25, 0.3) is 0 Å². The molecule has 0 radical (unpaired) electrons. The van der Waals surface area contributed by atoms with Crippen molar-refractivity contribution in [1.82, 2.24) is 0 Å². The highest BCUT2D eigenvalue weighted by molar-refractivity contribution is 5.66. The number of para-hydroxylation sites is 1. The smallest absolute Gasteiger partial charge is 0.303 e. The third kappa shape index (κ3) is 4.40. The summed E-state index contributed by atoms with van der Waals surface area (Å²) in [4.78, 5) is 11.2. The average molecular weight is 250 g/mol. The lowest BCUT2D eigenvalue weighted by molar-refractivity contribution is -0.147. The van der Waals surface area contributed by atoms with Gasteiger partial charge in [0.15, 0.2) is 0 Å². The first-order valence-electron chi connectivity index (χ1n) is 6.49. The van der Waals surface area contributed by atoms with Crippen LogP contribution >= 0.6 is 0 Å². The largest absolute Gasteiger partial charge is 0.496 e. The molecule has 1 aromatic rings. The maximum Gasteiger partial charge on any atom is 0.303 e. The van der Waals surface area contributed by atoms with Gasteiger partial charge in [0.05, 0.1) is 7.11 Å². The molecule has 0 N–H and O–H groups in total. The number of rotatable bonds is 7. The van der Waals surface area contributed by atoms with Crippen LogP contribution in [-0.2, 0) is 9.53 Å². The molecule has 100 valence electrons. The van der Waals surface area contributed by atoms with Gasteiger partial charge in [-0.15, -0.1) is 0 Å². The molecule has 0 aliphatic rings. The van der Waals surface area contributed by atoms with Crippen molar-refractivity contribution >= 4 is 5.97 Å².